The van der Waals surface area contributed by atoms with E-state index >= 15 is 0 Å². The molecule has 11 unspecified atom stereocenters. The van der Waals surface area contributed by atoms with Gasteiger partial charge in [0.2, 0.25) is 11.8 Å². The average Bonchev–Trinajstić information content (AvgIpc) is 3.50. The van der Waals surface area contributed by atoms with Crippen LogP contribution in [0.15, 0.2) is 11.6 Å². The van der Waals surface area contributed by atoms with Crippen molar-refractivity contribution in [2.45, 2.75) is 95.5 Å². The molecule has 42 heavy (non-hydrogen) atoms. The lowest BCUT2D eigenvalue weighted by Crippen LogP contribution is -2.63. The molecule has 0 bridgehead atoms. The molecule has 0 saturated carbocycles. The molecule has 6 aliphatic heterocycles. The van der Waals surface area contributed by atoms with Gasteiger partial charge >= 0.3 is 12.2 Å². The molecule has 11 atom stereocenters. The molecule has 5 saturated heterocycles. The lowest BCUT2D eigenvalue weighted by molar-refractivity contribution is -0.152. The number of imide groups is 2. The largest absolute Gasteiger partial charge is 0.465 e. The highest BCUT2D eigenvalue weighted by Crippen LogP contribution is 2.51. The molecule has 0 aliphatic carbocycles. The number of hydrogen-bond donors (Lipinski definition) is 2. The monoisotopic (exact) mass is 590 g/mol. The van der Waals surface area contributed by atoms with Crippen LogP contribution >= 0.6 is 0 Å². The number of ether oxygens (including phenoxy) is 2. The van der Waals surface area contributed by atoms with Crippen molar-refractivity contribution in [1.29, 1.82) is 0 Å². The zero-order valence-corrected chi connectivity index (χ0v) is 24.9. The van der Waals surface area contributed by atoms with Crippen molar-refractivity contribution in [1.82, 2.24) is 19.6 Å². The molecule has 6 heterocycles. The summed E-state index contributed by atoms with van der Waals surface area (Å²) in [5, 5.41) is 19.1. The van der Waals surface area contributed by atoms with Crippen LogP contribution in [0.2, 0.25) is 0 Å². The van der Waals surface area contributed by atoms with Gasteiger partial charge in [-0.1, -0.05) is 18.6 Å². The Labute approximate surface area is 243 Å². The molecule has 14 nitrogen and oxygen atoms in total. The second-order valence-corrected chi connectivity index (χ2v) is 12.9. The second-order valence-electron chi connectivity index (χ2n) is 12.9. The SMILES string of the molecule is CC1=CC2(C)OC3C(=O)N(C)C(=O)C3C2N(C(=O)O)C1C.CC1CC2(C)OC3C(=O)N(C)C(=O)C3C2N(C(=O)O)C1C. The minimum atomic E-state index is -1.11. The van der Waals surface area contributed by atoms with Crippen molar-refractivity contribution in [2.24, 2.45) is 17.8 Å². The summed E-state index contributed by atoms with van der Waals surface area (Å²) in [5.74, 6) is -2.87. The fourth-order valence-electron chi connectivity index (χ4n) is 8.05. The molecular weight excluding hydrogens is 552 g/mol. The van der Waals surface area contributed by atoms with Crippen molar-refractivity contribution < 1.29 is 48.5 Å². The van der Waals surface area contributed by atoms with Crippen LogP contribution < -0.4 is 0 Å². The Morgan fingerprint density at radius 2 is 1.29 bits per heavy atom. The van der Waals surface area contributed by atoms with Crippen LogP contribution in [0.1, 0.15) is 48.0 Å². The maximum atomic E-state index is 12.4. The second kappa shape index (κ2) is 9.49. The number of likely N-dealkylation sites (N-methyl/N-ethyl adjacent to an activating group) is 2. The third-order valence-corrected chi connectivity index (χ3v) is 10.3. The number of fused-ring (bicyclic) bond motifs is 6. The van der Waals surface area contributed by atoms with Gasteiger partial charge < -0.3 is 19.7 Å². The fourth-order valence-corrected chi connectivity index (χ4v) is 8.05. The Balaban J connectivity index is 0.000000168. The van der Waals surface area contributed by atoms with E-state index in [2.05, 4.69) is 0 Å². The molecule has 0 aromatic rings. The van der Waals surface area contributed by atoms with E-state index in [0.717, 1.165) is 15.4 Å². The topological polar surface area (TPSA) is 174 Å². The number of carboxylic acid groups (broad SMARTS) is 2. The zero-order chi connectivity index (χ0) is 31.4. The predicted molar refractivity (Wildman–Crippen MR) is 143 cm³/mol. The fraction of sp³-hybridized carbons (Fsp3) is 0.714. The summed E-state index contributed by atoms with van der Waals surface area (Å²) >= 11 is 0. The van der Waals surface area contributed by atoms with Gasteiger partial charge in [0, 0.05) is 20.1 Å². The smallest absolute Gasteiger partial charge is 0.408 e. The van der Waals surface area contributed by atoms with Crippen LogP contribution in [-0.4, -0.2) is 127 Å². The summed E-state index contributed by atoms with van der Waals surface area (Å²) in [4.78, 5) is 77.0. The molecule has 0 aromatic heterocycles. The van der Waals surface area contributed by atoms with Crippen molar-refractivity contribution in [3.63, 3.8) is 0 Å². The maximum Gasteiger partial charge on any atom is 0.408 e. The van der Waals surface area contributed by atoms with E-state index in [9.17, 15) is 39.0 Å². The lowest BCUT2D eigenvalue weighted by atomic mass is 9.74. The molecular formula is C28H38N4O10. The summed E-state index contributed by atoms with van der Waals surface area (Å²) in [6.45, 7) is 11.0. The number of rotatable bonds is 0. The average molecular weight is 591 g/mol. The van der Waals surface area contributed by atoms with E-state index in [1.165, 1.54) is 23.9 Å². The van der Waals surface area contributed by atoms with E-state index in [1.54, 1.807) is 13.8 Å². The summed E-state index contributed by atoms with van der Waals surface area (Å²) in [7, 11) is 2.83. The summed E-state index contributed by atoms with van der Waals surface area (Å²) < 4.78 is 11.7. The minimum absolute atomic E-state index is 0.101. The molecule has 6 aliphatic rings. The first kappa shape index (κ1) is 30.0. The summed E-state index contributed by atoms with van der Waals surface area (Å²) in [5.41, 5.74) is -0.882. The Bertz CT molecular complexity index is 1320. The van der Waals surface area contributed by atoms with E-state index in [0.29, 0.717) is 6.42 Å². The number of amides is 6. The molecule has 0 spiro atoms. The van der Waals surface area contributed by atoms with Gasteiger partial charge in [0.15, 0.2) is 12.2 Å². The summed E-state index contributed by atoms with van der Waals surface area (Å²) in [6.07, 6.45) is -1.43. The first-order valence-corrected chi connectivity index (χ1v) is 14.1. The van der Waals surface area contributed by atoms with Gasteiger partial charge in [-0.2, -0.15) is 0 Å². The quantitative estimate of drug-likeness (QED) is 0.306. The van der Waals surface area contributed by atoms with Gasteiger partial charge in [0.05, 0.1) is 35.6 Å². The van der Waals surface area contributed by atoms with Gasteiger partial charge in [0.25, 0.3) is 11.8 Å². The van der Waals surface area contributed by atoms with Gasteiger partial charge in [-0.25, -0.2) is 9.59 Å². The van der Waals surface area contributed by atoms with Crippen LogP contribution in [0, 0.1) is 17.8 Å². The molecule has 2 N–H and O–H groups in total. The number of piperidine rings is 1. The standard InChI is InChI=1S/C14H20N2O5.C14H18N2O5/c2*1-6-5-14(3)10(16(7(6)2)13(19)20)8-9(21-14)12(18)15(4)11(8)17/h6-10H,5H2,1-4H3,(H,19,20);5,7-10H,1-4H3,(H,19,20). The first-order valence-electron chi connectivity index (χ1n) is 14.1. The third kappa shape index (κ3) is 3.90. The van der Waals surface area contributed by atoms with Crippen molar-refractivity contribution in [2.75, 3.05) is 14.1 Å². The van der Waals surface area contributed by atoms with Crippen LogP contribution in [0.5, 0.6) is 0 Å². The van der Waals surface area contributed by atoms with Crippen molar-refractivity contribution >= 4 is 35.8 Å². The molecule has 6 amide bonds. The molecule has 14 heteroatoms. The molecule has 5 fully saturated rings. The molecule has 230 valence electrons. The molecule has 0 radical (unpaired) electrons. The first-order chi connectivity index (χ1) is 19.4. The highest BCUT2D eigenvalue weighted by molar-refractivity contribution is 6.08. The highest BCUT2D eigenvalue weighted by atomic mass is 16.5. The molecule has 6 rings (SSSR count). The number of carbonyl (C=O) groups is 6. The van der Waals surface area contributed by atoms with Crippen LogP contribution in [0.4, 0.5) is 9.59 Å². The van der Waals surface area contributed by atoms with Crippen molar-refractivity contribution in [3.05, 3.63) is 11.6 Å². The van der Waals surface area contributed by atoms with E-state index in [1.807, 2.05) is 33.8 Å². The van der Waals surface area contributed by atoms with Gasteiger partial charge in [0.1, 0.15) is 5.60 Å². The lowest BCUT2D eigenvalue weighted by Gasteiger charge is -2.49. The Morgan fingerprint density at radius 1 is 0.810 bits per heavy atom. The minimum Gasteiger partial charge on any atom is -0.465 e. The summed E-state index contributed by atoms with van der Waals surface area (Å²) in [6, 6.07) is -1.85. The zero-order valence-electron chi connectivity index (χ0n) is 24.9. The molecule has 0 aromatic carbocycles. The Kier molecular flexibility index (Phi) is 6.77. The predicted octanol–water partition coefficient (Wildman–Crippen LogP) is 0.991. The number of hydrogen-bond acceptors (Lipinski definition) is 8. The number of likely N-dealkylation sites (tertiary alicyclic amines) is 3. The van der Waals surface area contributed by atoms with E-state index < -0.39 is 65.4 Å². The third-order valence-electron chi connectivity index (χ3n) is 10.3. The van der Waals surface area contributed by atoms with E-state index in [4.69, 9.17) is 9.47 Å². The number of nitrogens with zero attached hydrogens (tertiary/aromatic N) is 4. The van der Waals surface area contributed by atoms with Gasteiger partial charge in [-0.3, -0.25) is 38.8 Å². The van der Waals surface area contributed by atoms with Crippen LogP contribution in [0.3, 0.4) is 0 Å². The van der Waals surface area contributed by atoms with Crippen LogP contribution in [0.25, 0.3) is 0 Å². The van der Waals surface area contributed by atoms with Gasteiger partial charge in [-0.15, -0.1) is 0 Å². The number of carbonyl (C=O) groups excluding carboxylic acids is 4. The normalized spacial score (nSPS) is 43.9. The van der Waals surface area contributed by atoms with Crippen LogP contribution in [-0.2, 0) is 28.7 Å². The van der Waals surface area contributed by atoms with Crippen molar-refractivity contribution in [3.8, 4) is 0 Å². The van der Waals surface area contributed by atoms with Gasteiger partial charge in [-0.05, 0) is 47.0 Å². The van der Waals surface area contributed by atoms with E-state index in [-0.39, 0.29) is 35.7 Å². The maximum absolute atomic E-state index is 12.4. The Hall–Kier alpha value is -3.52. The Morgan fingerprint density at radius 3 is 1.79 bits per heavy atom. The highest BCUT2D eigenvalue weighted by Gasteiger charge is 2.68.